The number of nitrogens with one attached hydrogen (secondary N) is 1. The van der Waals surface area contributed by atoms with Crippen molar-refractivity contribution in [3.63, 3.8) is 0 Å². The number of rotatable bonds is 3. The Morgan fingerprint density at radius 3 is 2.38 bits per heavy atom. The van der Waals surface area contributed by atoms with E-state index in [1.165, 1.54) is 12.8 Å². The average Bonchev–Trinajstić information content (AvgIpc) is 2.26. The highest BCUT2D eigenvalue weighted by Gasteiger charge is 2.21. The minimum absolute atomic E-state index is 0.650. The van der Waals surface area contributed by atoms with E-state index in [1.54, 1.807) is 0 Å². The minimum atomic E-state index is 0.650. The third-order valence-corrected chi connectivity index (χ3v) is 3.55. The Hall–Kier alpha value is -0.350. The first-order valence-electron chi connectivity index (χ1n) is 6.20. The van der Waals surface area contributed by atoms with Crippen LogP contribution in [-0.4, -0.2) is 54.7 Å². The molecule has 1 aliphatic heterocycles. The molecule has 1 fully saturated rings. The SMILES string of the molecule is CC(C)CNC(=S)N1CCC(N(C)C)CC1. The summed E-state index contributed by atoms with van der Waals surface area (Å²) in [6.45, 7) is 7.56. The normalized spacial score (nSPS) is 18.2. The molecule has 0 aromatic heterocycles. The van der Waals surface area contributed by atoms with Gasteiger partial charge in [-0.05, 0) is 45.1 Å². The molecule has 16 heavy (non-hydrogen) atoms. The summed E-state index contributed by atoms with van der Waals surface area (Å²) < 4.78 is 0. The lowest BCUT2D eigenvalue weighted by Gasteiger charge is -2.36. The van der Waals surface area contributed by atoms with E-state index in [0.29, 0.717) is 5.92 Å². The van der Waals surface area contributed by atoms with Gasteiger partial charge in [0.05, 0.1) is 0 Å². The van der Waals surface area contributed by atoms with Crippen LogP contribution in [0.15, 0.2) is 0 Å². The highest BCUT2D eigenvalue weighted by atomic mass is 32.1. The van der Waals surface area contributed by atoms with Gasteiger partial charge in [0, 0.05) is 25.7 Å². The zero-order valence-corrected chi connectivity index (χ0v) is 11.8. The fraction of sp³-hybridized carbons (Fsp3) is 0.917. The molecule has 3 nitrogen and oxygen atoms in total. The summed E-state index contributed by atoms with van der Waals surface area (Å²) in [5.74, 6) is 0.650. The summed E-state index contributed by atoms with van der Waals surface area (Å²) in [6.07, 6.45) is 2.44. The van der Waals surface area contributed by atoms with Gasteiger partial charge in [-0.1, -0.05) is 13.8 Å². The van der Waals surface area contributed by atoms with Crippen molar-refractivity contribution < 1.29 is 0 Å². The second-order valence-electron chi connectivity index (χ2n) is 5.26. The molecule has 0 radical (unpaired) electrons. The molecule has 1 heterocycles. The minimum Gasteiger partial charge on any atom is -0.362 e. The molecule has 0 atom stereocenters. The van der Waals surface area contributed by atoms with E-state index < -0.39 is 0 Å². The first-order chi connectivity index (χ1) is 7.50. The van der Waals surface area contributed by atoms with Gasteiger partial charge in [0.25, 0.3) is 0 Å². The maximum absolute atomic E-state index is 5.40. The Balaban J connectivity index is 2.27. The molecule has 0 aliphatic carbocycles. The summed E-state index contributed by atoms with van der Waals surface area (Å²) in [7, 11) is 4.32. The molecule has 1 rings (SSSR count). The van der Waals surface area contributed by atoms with E-state index in [1.807, 2.05) is 0 Å². The molecular formula is C12H25N3S. The molecule has 0 aromatic rings. The van der Waals surface area contributed by atoms with Gasteiger partial charge in [0.2, 0.25) is 0 Å². The summed E-state index contributed by atoms with van der Waals surface area (Å²) in [5.41, 5.74) is 0. The Morgan fingerprint density at radius 1 is 1.38 bits per heavy atom. The van der Waals surface area contributed by atoms with Crippen LogP contribution < -0.4 is 5.32 Å². The van der Waals surface area contributed by atoms with Crippen molar-refractivity contribution in [1.82, 2.24) is 15.1 Å². The number of hydrogen-bond donors (Lipinski definition) is 1. The fourth-order valence-corrected chi connectivity index (χ4v) is 2.25. The van der Waals surface area contributed by atoms with Gasteiger partial charge < -0.3 is 15.1 Å². The Labute approximate surface area is 105 Å². The summed E-state index contributed by atoms with van der Waals surface area (Å²) in [6, 6.07) is 0.726. The largest absolute Gasteiger partial charge is 0.362 e. The van der Waals surface area contributed by atoms with E-state index >= 15 is 0 Å². The van der Waals surface area contributed by atoms with Crippen LogP contribution in [0.25, 0.3) is 0 Å². The monoisotopic (exact) mass is 243 g/mol. The third-order valence-electron chi connectivity index (χ3n) is 3.14. The molecular weight excluding hydrogens is 218 g/mol. The molecule has 4 heteroatoms. The van der Waals surface area contributed by atoms with Gasteiger partial charge >= 0.3 is 0 Å². The summed E-state index contributed by atoms with van der Waals surface area (Å²) in [4.78, 5) is 4.62. The number of likely N-dealkylation sites (tertiary alicyclic amines) is 1. The molecule has 0 amide bonds. The zero-order valence-electron chi connectivity index (χ0n) is 11.0. The average molecular weight is 243 g/mol. The van der Waals surface area contributed by atoms with E-state index in [4.69, 9.17) is 12.2 Å². The van der Waals surface area contributed by atoms with Gasteiger partial charge in [-0.15, -0.1) is 0 Å². The molecule has 1 aliphatic rings. The number of hydrogen-bond acceptors (Lipinski definition) is 2. The van der Waals surface area contributed by atoms with E-state index in [2.05, 4.69) is 43.1 Å². The fourth-order valence-electron chi connectivity index (χ4n) is 1.99. The van der Waals surface area contributed by atoms with Crippen molar-refractivity contribution in [2.24, 2.45) is 5.92 Å². The van der Waals surface area contributed by atoms with Crippen LogP contribution in [0.5, 0.6) is 0 Å². The van der Waals surface area contributed by atoms with Crippen molar-refractivity contribution >= 4 is 17.3 Å². The molecule has 1 N–H and O–H groups in total. The predicted octanol–water partition coefficient (Wildman–Crippen LogP) is 1.54. The zero-order chi connectivity index (χ0) is 12.1. The lowest BCUT2D eigenvalue weighted by Crippen LogP contribution is -2.48. The molecule has 0 spiro atoms. The molecule has 0 unspecified atom stereocenters. The second-order valence-corrected chi connectivity index (χ2v) is 5.65. The highest BCUT2D eigenvalue weighted by molar-refractivity contribution is 7.80. The van der Waals surface area contributed by atoms with Gasteiger partial charge in [-0.3, -0.25) is 0 Å². The Morgan fingerprint density at radius 2 is 1.94 bits per heavy atom. The molecule has 0 aromatic carbocycles. The van der Waals surface area contributed by atoms with Crippen LogP contribution in [0, 0.1) is 5.92 Å². The smallest absolute Gasteiger partial charge is 0.168 e. The predicted molar refractivity (Wildman–Crippen MR) is 73.7 cm³/mol. The lowest BCUT2D eigenvalue weighted by molar-refractivity contribution is 0.190. The number of piperidine rings is 1. The van der Waals surface area contributed by atoms with E-state index in [-0.39, 0.29) is 0 Å². The van der Waals surface area contributed by atoms with E-state index in [9.17, 15) is 0 Å². The van der Waals surface area contributed by atoms with Crippen LogP contribution in [0.2, 0.25) is 0 Å². The standard InChI is InChI=1S/C12H25N3S/c1-10(2)9-13-12(16)15-7-5-11(6-8-15)14(3)4/h10-11H,5-9H2,1-4H3,(H,13,16). The summed E-state index contributed by atoms with van der Waals surface area (Å²) >= 11 is 5.40. The Bertz CT molecular complexity index is 220. The maximum Gasteiger partial charge on any atom is 0.168 e. The van der Waals surface area contributed by atoms with Crippen LogP contribution in [-0.2, 0) is 0 Å². The Kier molecular flexibility index (Phi) is 5.49. The number of thiocarbonyl (C=S) groups is 1. The first-order valence-corrected chi connectivity index (χ1v) is 6.60. The van der Waals surface area contributed by atoms with Crippen molar-refractivity contribution in [1.29, 1.82) is 0 Å². The van der Waals surface area contributed by atoms with Gasteiger partial charge in [0.15, 0.2) is 5.11 Å². The quantitative estimate of drug-likeness (QED) is 0.758. The first kappa shape index (κ1) is 13.7. The van der Waals surface area contributed by atoms with Gasteiger partial charge in [-0.2, -0.15) is 0 Å². The molecule has 1 saturated heterocycles. The van der Waals surface area contributed by atoms with Crippen LogP contribution in [0.4, 0.5) is 0 Å². The highest BCUT2D eigenvalue weighted by Crippen LogP contribution is 2.14. The lowest BCUT2D eigenvalue weighted by atomic mass is 10.0. The van der Waals surface area contributed by atoms with Gasteiger partial charge in [0.1, 0.15) is 0 Å². The van der Waals surface area contributed by atoms with Crippen molar-refractivity contribution in [2.45, 2.75) is 32.7 Å². The summed E-state index contributed by atoms with van der Waals surface area (Å²) in [5, 5.41) is 4.28. The van der Waals surface area contributed by atoms with Crippen molar-refractivity contribution in [3.8, 4) is 0 Å². The van der Waals surface area contributed by atoms with Crippen LogP contribution >= 0.6 is 12.2 Å². The molecule has 94 valence electrons. The topological polar surface area (TPSA) is 18.5 Å². The van der Waals surface area contributed by atoms with Gasteiger partial charge in [-0.25, -0.2) is 0 Å². The molecule has 0 bridgehead atoms. The second kappa shape index (κ2) is 6.40. The third kappa shape index (κ3) is 4.26. The number of nitrogens with zero attached hydrogens (tertiary/aromatic N) is 2. The van der Waals surface area contributed by atoms with Crippen molar-refractivity contribution in [3.05, 3.63) is 0 Å². The van der Waals surface area contributed by atoms with E-state index in [0.717, 1.165) is 30.8 Å². The maximum atomic E-state index is 5.40. The molecule has 0 saturated carbocycles. The van der Waals surface area contributed by atoms with Crippen LogP contribution in [0.1, 0.15) is 26.7 Å². The van der Waals surface area contributed by atoms with Crippen LogP contribution in [0.3, 0.4) is 0 Å². The van der Waals surface area contributed by atoms with Crippen molar-refractivity contribution in [2.75, 3.05) is 33.7 Å².